The molecule has 0 aliphatic heterocycles. The number of alkyl halides is 2. The lowest BCUT2D eigenvalue weighted by Crippen LogP contribution is -2.02. The summed E-state index contributed by atoms with van der Waals surface area (Å²) in [5.74, 6) is 0.824. The van der Waals surface area contributed by atoms with Crippen molar-refractivity contribution in [1.82, 2.24) is 20.0 Å². The lowest BCUT2D eigenvalue weighted by Gasteiger charge is -2.03. The molecule has 2 aromatic heterocycles. The van der Waals surface area contributed by atoms with Gasteiger partial charge in [0.2, 0.25) is 11.8 Å². The van der Waals surface area contributed by atoms with Gasteiger partial charge in [0.05, 0.1) is 10.7 Å². The maximum Gasteiger partial charge on any atom is 0.387 e. The Morgan fingerprint density at radius 1 is 1.25 bits per heavy atom. The van der Waals surface area contributed by atoms with E-state index in [1.807, 2.05) is 6.92 Å². The van der Waals surface area contributed by atoms with Crippen molar-refractivity contribution in [2.24, 2.45) is 0 Å². The van der Waals surface area contributed by atoms with E-state index in [4.69, 9.17) is 16.0 Å². The Morgan fingerprint density at radius 2 is 2.00 bits per heavy atom. The van der Waals surface area contributed by atoms with Crippen molar-refractivity contribution >= 4 is 11.6 Å². The molecule has 0 saturated heterocycles. The van der Waals surface area contributed by atoms with Crippen LogP contribution in [0.5, 0.6) is 5.75 Å². The zero-order valence-corrected chi connectivity index (χ0v) is 13.4. The highest BCUT2D eigenvalue weighted by Crippen LogP contribution is 2.22. The number of aromatic nitrogens is 4. The van der Waals surface area contributed by atoms with E-state index < -0.39 is 6.61 Å². The molecule has 0 saturated carbocycles. The van der Waals surface area contributed by atoms with Crippen LogP contribution >= 0.6 is 11.6 Å². The molecule has 9 heteroatoms. The highest BCUT2D eigenvalue weighted by molar-refractivity contribution is 6.31. The number of ether oxygens (including phenoxy) is 1. The molecule has 0 radical (unpaired) electrons. The fraction of sp³-hybridized carbons (Fsp3) is 0.267. The summed E-state index contributed by atoms with van der Waals surface area (Å²) < 4.78 is 35.8. The highest BCUT2D eigenvalue weighted by Gasteiger charge is 2.11. The lowest BCUT2D eigenvalue weighted by atomic mass is 10.2. The summed E-state index contributed by atoms with van der Waals surface area (Å²) >= 11 is 5.95. The smallest absolute Gasteiger partial charge is 0.387 e. The van der Waals surface area contributed by atoms with E-state index in [2.05, 4.69) is 20.0 Å². The molecule has 126 valence electrons. The second-order valence-electron chi connectivity index (χ2n) is 4.98. The van der Waals surface area contributed by atoms with Crippen LogP contribution in [0.2, 0.25) is 5.02 Å². The summed E-state index contributed by atoms with van der Waals surface area (Å²) in [6.45, 7) is -0.480. The minimum Gasteiger partial charge on any atom is -0.435 e. The number of nitrogens with zero attached hydrogens (tertiary/aromatic N) is 4. The molecule has 6 nitrogen and oxygen atoms in total. The number of aryl methyl sites for hydroxylation is 3. The van der Waals surface area contributed by atoms with Gasteiger partial charge in [0.15, 0.2) is 0 Å². The minimum absolute atomic E-state index is 0.0689. The van der Waals surface area contributed by atoms with Gasteiger partial charge in [-0.15, -0.1) is 10.2 Å². The Hall–Kier alpha value is -2.48. The average Bonchev–Trinajstić information content (AvgIpc) is 3.13. The van der Waals surface area contributed by atoms with Crippen LogP contribution in [0.4, 0.5) is 8.78 Å². The molecule has 24 heavy (non-hydrogen) atoms. The van der Waals surface area contributed by atoms with Crippen LogP contribution in [-0.4, -0.2) is 26.6 Å². The number of rotatable bonds is 6. The summed E-state index contributed by atoms with van der Waals surface area (Å²) in [5.41, 5.74) is 1.38. The first-order chi connectivity index (χ1) is 11.5. The van der Waals surface area contributed by atoms with Gasteiger partial charge in [0, 0.05) is 24.7 Å². The van der Waals surface area contributed by atoms with E-state index in [0.29, 0.717) is 35.3 Å². The van der Waals surface area contributed by atoms with Gasteiger partial charge in [-0.1, -0.05) is 11.6 Å². The van der Waals surface area contributed by atoms with E-state index in [1.165, 1.54) is 12.1 Å². The second kappa shape index (κ2) is 6.96. The molecular weight excluding hydrogens is 342 g/mol. The number of hydrogen-bond acceptors (Lipinski definition) is 5. The molecule has 0 aliphatic rings. The van der Waals surface area contributed by atoms with Crippen LogP contribution in [0.25, 0.3) is 11.5 Å². The maximum absolute atomic E-state index is 12.1. The van der Waals surface area contributed by atoms with Crippen LogP contribution in [0.1, 0.15) is 11.6 Å². The number of halogens is 3. The normalized spacial score (nSPS) is 11.2. The molecule has 2 heterocycles. The molecular formula is C15H13ClF2N4O2. The van der Waals surface area contributed by atoms with E-state index in [-0.39, 0.29) is 5.75 Å². The first-order valence-corrected chi connectivity index (χ1v) is 7.46. The standard InChI is InChI=1S/C15H13ClF2N4O2/c1-9-12(16)8-22(21-9)7-6-13-19-20-14(24-13)10-2-4-11(5-3-10)23-15(17)18/h2-5,8,15H,6-7H2,1H3. The zero-order chi connectivity index (χ0) is 17.1. The maximum atomic E-state index is 12.1. The van der Waals surface area contributed by atoms with E-state index >= 15 is 0 Å². The molecule has 0 fully saturated rings. The fourth-order valence-electron chi connectivity index (χ4n) is 2.07. The molecule has 0 bridgehead atoms. The summed E-state index contributed by atoms with van der Waals surface area (Å²) in [6.07, 6.45) is 2.23. The van der Waals surface area contributed by atoms with Crippen LogP contribution < -0.4 is 4.74 Å². The van der Waals surface area contributed by atoms with Gasteiger partial charge in [0.1, 0.15) is 5.75 Å². The molecule has 0 N–H and O–H groups in total. The van der Waals surface area contributed by atoms with Gasteiger partial charge in [0.25, 0.3) is 0 Å². The molecule has 3 rings (SSSR count). The van der Waals surface area contributed by atoms with Crippen molar-refractivity contribution in [2.75, 3.05) is 0 Å². The first-order valence-electron chi connectivity index (χ1n) is 7.08. The number of hydrogen-bond donors (Lipinski definition) is 0. The fourth-order valence-corrected chi connectivity index (χ4v) is 2.22. The van der Waals surface area contributed by atoms with Crippen LogP contribution in [0.3, 0.4) is 0 Å². The first kappa shape index (κ1) is 16.4. The van der Waals surface area contributed by atoms with E-state index in [0.717, 1.165) is 5.69 Å². The van der Waals surface area contributed by atoms with Crippen molar-refractivity contribution < 1.29 is 17.9 Å². The van der Waals surface area contributed by atoms with Crippen LogP contribution in [0.15, 0.2) is 34.9 Å². The Morgan fingerprint density at radius 3 is 2.62 bits per heavy atom. The molecule has 0 atom stereocenters. The van der Waals surface area contributed by atoms with Crippen molar-refractivity contribution in [1.29, 1.82) is 0 Å². The van der Waals surface area contributed by atoms with Crippen LogP contribution in [0, 0.1) is 6.92 Å². The predicted molar refractivity (Wildman–Crippen MR) is 82.0 cm³/mol. The molecule has 0 unspecified atom stereocenters. The third-order valence-electron chi connectivity index (χ3n) is 3.23. The van der Waals surface area contributed by atoms with Gasteiger partial charge in [-0.3, -0.25) is 4.68 Å². The van der Waals surface area contributed by atoms with Gasteiger partial charge in [-0.05, 0) is 31.2 Å². The third kappa shape index (κ3) is 3.88. The lowest BCUT2D eigenvalue weighted by molar-refractivity contribution is -0.0498. The Labute approximate surface area is 141 Å². The van der Waals surface area contributed by atoms with E-state index in [1.54, 1.807) is 23.0 Å². The van der Waals surface area contributed by atoms with Crippen molar-refractivity contribution in [2.45, 2.75) is 26.5 Å². The zero-order valence-electron chi connectivity index (χ0n) is 12.6. The quantitative estimate of drug-likeness (QED) is 0.674. The summed E-state index contributed by atoms with van der Waals surface area (Å²) in [6, 6.07) is 5.98. The van der Waals surface area contributed by atoms with Crippen molar-refractivity contribution in [3.8, 4) is 17.2 Å². The Bertz CT molecular complexity index is 798. The monoisotopic (exact) mass is 354 g/mol. The van der Waals surface area contributed by atoms with E-state index in [9.17, 15) is 8.78 Å². The molecule has 3 aromatic rings. The summed E-state index contributed by atoms with van der Waals surface area (Å²) in [7, 11) is 0. The van der Waals surface area contributed by atoms with Gasteiger partial charge >= 0.3 is 6.61 Å². The van der Waals surface area contributed by atoms with Crippen LogP contribution in [-0.2, 0) is 13.0 Å². The summed E-state index contributed by atoms with van der Waals surface area (Å²) in [4.78, 5) is 0. The van der Waals surface area contributed by atoms with Crippen molar-refractivity contribution in [3.63, 3.8) is 0 Å². The summed E-state index contributed by atoms with van der Waals surface area (Å²) in [5, 5.41) is 12.8. The molecule has 1 aromatic carbocycles. The highest BCUT2D eigenvalue weighted by atomic mass is 35.5. The van der Waals surface area contributed by atoms with Gasteiger partial charge in [-0.25, -0.2) is 0 Å². The Kier molecular flexibility index (Phi) is 4.75. The molecule has 0 spiro atoms. The number of benzene rings is 1. The largest absolute Gasteiger partial charge is 0.435 e. The molecule has 0 amide bonds. The minimum atomic E-state index is -2.86. The average molecular weight is 355 g/mol. The topological polar surface area (TPSA) is 66.0 Å². The second-order valence-corrected chi connectivity index (χ2v) is 5.39. The SMILES string of the molecule is Cc1nn(CCc2nnc(-c3ccc(OC(F)F)cc3)o2)cc1Cl. The van der Waals surface area contributed by atoms with Crippen molar-refractivity contribution in [3.05, 3.63) is 47.1 Å². The van der Waals surface area contributed by atoms with Gasteiger partial charge in [-0.2, -0.15) is 13.9 Å². The predicted octanol–water partition coefficient (Wildman–Crippen LogP) is 3.74. The molecule has 0 aliphatic carbocycles. The Balaban J connectivity index is 1.64. The third-order valence-corrected chi connectivity index (χ3v) is 3.61. The van der Waals surface area contributed by atoms with Gasteiger partial charge < -0.3 is 9.15 Å².